The van der Waals surface area contributed by atoms with Gasteiger partial charge in [0.25, 0.3) is 5.56 Å². The first-order chi connectivity index (χ1) is 13.8. The van der Waals surface area contributed by atoms with E-state index in [4.69, 9.17) is 4.98 Å². The number of imidazole rings is 1. The molecule has 0 amide bonds. The lowest BCUT2D eigenvalue weighted by Gasteiger charge is -2.06. The molecule has 2 aromatic heterocycles. The van der Waals surface area contributed by atoms with Gasteiger partial charge in [-0.2, -0.15) is 0 Å². The second kappa shape index (κ2) is 7.02. The fourth-order valence-corrected chi connectivity index (χ4v) is 4.37. The van der Waals surface area contributed by atoms with E-state index in [-0.39, 0.29) is 5.56 Å². The maximum absolute atomic E-state index is 12.9. The maximum Gasteiger partial charge on any atom is 0.275 e. The van der Waals surface area contributed by atoms with Crippen LogP contribution in [0.5, 0.6) is 0 Å². The molecule has 28 heavy (non-hydrogen) atoms. The lowest BCUT2D eigenvalue weighted by atomic mass is 10.1. The van der Waals surface area contributed by atoms with Gasteiger partial charge in [0.15, 0.2) is 5.16 Å². The molecule has 0 radical (unpaired) electrons. The van der Waals surface area contributed by atoms with Crippen molar-refractivity contribution in [3.05, 3.63) is 101 Å². The number of H-pyrrole nitrogens is 1. The SMILES string of the molecule is O=c1[nH]c2ccccc2n2c(SCc3ccccc3)nc(-c3ccccc3)c12. The Kier molecular flexibility index (Phi) is 4.22. The van der Waals surface area contributed by atoms with Gasteiger partial charge in [-0.05, 0) is 17.7 Å². The van der Waals surface area contributed by atoms with Crippen LogP contribution in [0.1, 0.15) is 5.56 Å². The minimum atomic E-state index is -0.128. The number of thioether (sulfide) groups is 1. The zero-order chi connectivity index (χ0) is 18.9. The van der Waals surface area contributed by atoms with Crippen LogP contribution in [0.2, 0.25) is 0 Å². The summed E-state index contributed by atoms with van der Waals surface area (Å²) in [6.45, 7) is 0. The first kappa shape index (κ1) is 16.8. The van der Waals surface area contributed by atoms with E-state index in [2.05, 4.69) is 17.1 Å². The number of nitrogens with zero attached hydrogens (tertiary/aromatic N) is 2. The highest BCUT2D eigenvalue weighted by atomic mass is 32.2. The molecule has 0 unspecified atom stereocenters. The molecular formula is C23H17N3OS. The van der Waals surface area contributed by atoms with Crippen LogP contribution in [-0.4, -0.2) is 14.4 Å². The molecule has 4 nitrogen and oxygen atoms in total. The molecule has 0 spiro atoms. The number of hydrogen-bond donors (Lipinski definition) is 1. The summed E-state index contributed by atoms with van der Waals surface area (Å²) in [6.07, 6.45) is 0. The van der Waals surface area contributed by atoms with E-state index in [0.29, 0.717) is 11.2 Å². The van der Waals surface area contributed by atoms with Crippen molar-refractivity contribution in [3.63, 3.8) is 0 Å². The van der Waals surface area contributed by atoms with Crippen molar-refractivity contribution in [3.8, 4) is 11.3 Å². The van der Waals surface area contributed by atoms with Crippen LogP contribution in [0.4, 0.5) is 0 Å². The molecule has 0 aliphatic carbocycles. The molecule has 2 heterocycles. The third kappa shape index (κ3) is 2.90. The second-order valence-corrected chi connectivity index (χ2v) is 7.48. The van der Waals surface area contributed by atoms with Crippen LogP contribution < -0.4 is 5.56 Å². The Hall–Kier alpha value is -3.31. The number of nitrogens with one attached hydrogen (secondary N) is 1. The monoisotopic (exact) mass is 383 g/mol. The summed E-state index contributed by atoms with van der Waals surface area (Å²) in [4.78, 5) is 20.8. The van der Waals surface area contributed by atoms with E-state index in [1.54, 1.807) is 11.8 Å². The number of rotatable bonds is 4. The van der Waals surface area contributed by atoms with Crippen molar-refractivity contribution >= 4 is 28.3 Å². The molecule has 0 aliphatic heterocycles. The fourth-order valence-electron chi connectivity index (χ4n) is 3.40. The summed E-state index contributed by atoms with van der Waals surface area (Å²) in [5.74, 6) is 0.787. The Morgan fingerprint density at radius 2 is 1.54 bits per heavy atom. The molecule has 5 aromatic rings. The van der Waals surface area contributed by atoms with Crippen molar-refractivity contribution in [1.29, 1.82) is 0 Å². The minimum Gasteiger partial charge on any atom is -0.319 e. The maximum atomic E-state index is 12.9. The molecule has 5 heteroatoms. The zero-order valence-electron chi connectivity index (χ0n) is 15.0. The van der Waals surface area contributed by atoms with Crippen LogP contribution in [0.3, 0.4) is 0 Å². The Balaban J connectivity index is 1.75. The lowest BCUT2D eigenvalue weighted by molar-refractivity contribution is 0.981. The van der Waals surface area contributed by atoms with Crippen LogP contribution in [0, 0.1) is 0 Å². The predicted octanol–water partition coefficient (Wildman–Crippen LogP) is 5.14. The third-order valence-corrected chi connectivity index (χ3v) is 5.72. The van der Waals surface area contributed by atoms with Crippen molar-refractivity contribution in [2.24, 2.45) is 0 Å². The normalized spacial score (nSPS) is 11.3. The van der Waals surface area contributed by atoms with E-state index >= 15 is 0 Å². The van der Waals surface area contributed by atoms with Crippen LogP contribution >= 0.6 is 11.8 Å². The number of benzene rings is 3. The predicted molar refractivity (Wildman–Crippen MR) is 115 cm³/mol. The second-order valence-electron chi connectivity index (χ2n) is 6.54. The van der Waals surface area contributed by atoms with Gasteiger partial charge >= 0.3 is 0 Å². The van der Waals surface area contributed by atoms with E-state index < -0.39 is 0 Å². The van der Waals surface area contributed by atoms with E-state index in [1.165, 1.54) is 5.56 Å². The highest BCUT2D eigenvalue weighted by molar-refractivity contribution is 7.98. The van der Waals surface area contributed by atoms with Gasteiger partial charge in [-0.25, -0.2) is 4.98 Å². The van der Waals surface area contributed by atoms with Crippen molar-refractivity contribution < 1.29 is 0 Å². The van der Waals surface area contributed by atoms with Crippen molar-refractivity contribution in [2.45, 2.75) is 10.9 Å². The minimum absolute atomic E-state index is 0.128. The third-order valence-electron chi connectivity index (χ3n) is 4.71. The molecule has 0 saturated carbocycles. The Labute approximate surface area is 165 Å². The van der Waals surface area contributed by atoms with Crippen LogP contribution in [-0.2, 0) is 5.75 Å². The van der Waals surface area contributed by atoms with Gasteiger partial charge in [0.2, 0.25) is 0 Å². The Bertz CT molecular complexity index is 1320. The summed E-state index contributed by atoms with van der Waals surface area (Å²) in [7, 11) is 0. The average Bonchev–Trinajstić information content (AvgIpc) is 3.14. The number of aromatic amines is 1. The Morgan fingerprint density at radius 3 is 2.32 bits per heavy atom. The number of hydrogen-bond acceptors (Lipinski definition) is 3. The van der Waals surface area contributed by atoms with Gasteiger partial charge in [-0.1, -0.05) is 84.6 Å². The summed E-state index contributed by atoms with van der Waals surface area (Å²) in [5.41, 5.74) is 5.08. The standard InChI is InChI=1S/C23H17N3OS/c27-22-21-20(17-11-5-2-6-12-17)25-23(28-15-16-9-3-1-4-10-16)26(21)19-14-8-7-13-18(19)24-22/h1-14H,15H2,(H,24,27). The lowest BCUT2D eigenvalue weighted by Crippen LogP contribution is -2.11. The summed E-state index contributed by atoms with van der Waals surface area (Å²) < 4.78 is 1.99. The highest BCUT2D eigenvalue weighted by Gasteiger charge is 2.18. The van der Waals surface area contributed by atoms with Gasteiger partial charge in [-0.15, -0.1) is 0 Å². The van der Waals surface area contributed by atoms with Gasteiger partial charge < -0.3 is 4.98 Å². The largest absolute Gasteiger partial charge is 0.319 e. The molecule has 0 saturated heterocycles. The van der Waals surface area contributed by atoms with Crippen LogP contribution in [0.25, 0.3) is 27.8 Å². The molecule has 0 bridgehead atoms. The first-order valence-corrected chi connectivity index (χ1v) is 10.1. The zero-order valence-corrected chi connectivity index (χ0v) is 15.8. The molecule has 3 aromatic carbocycles. The number of fused-ring (bicyclic) bond motifs is 3. The summed E-state index contributed by atoms with van der Waals surface area (Å²) >= 11 is 1.64. The van der Waals surface area contributed by atoms with E-state index in [9.17, 15) is 4.79 Å². The van der Waals surface area contributed by atoms with Gasteiger partial charge in [-0.3, -0.25) is 9.20 Å². The molecule has 0 atom stereocenters. The average molecular weight is 383 g/mol. The van der Waals surface area contributed by atoms with E-state index in [0.717, 1.165) is 27.5 Å². The quantitative estimate of drug-likeness (QED) is 0.438. The highest BCUT2D eigenvalue weighted by Crippen LogP contribution is 2.31. The van der Waals surface area contributed by atoms with Crippen molar-refractivity contribution in [2.75, 3.05) is 0 Å². The van der Waals surface area contributed by atoms with Gasteiger partial charge in [0.1, 0.15) is 11.2 Å². The molecule has 0 aliphatic rings. The smallest absolute Gasteiger partial charge is 0.275 e. The first-order valence-electron chi connectivity index (χ1n) is 9.07. The fraction of sp³-hybridized carbons (Fsp3) is 0.0435. The number of aromatic nitrogens is 3. The summed E-state index contributed by atoms with van der Waals surface area (Å²) in [6, 6.07) is 28.0. The summed E-state index contributed by atoms with van der Waals surface area (Å²) in [5, 5.41) is 0.819. The topological polar surface area (TPSA) is 50.2 Å². The van der Waals surface area contributed by atoms with Crippen molar-refractivity contribution in [1.82, 2.24) is 14.4 Å². The van der Waals surface area contributed by atoms with E-state index in [1.807, 2.05) is 77.2 Å². The van der Waals surface area contributed by atoms with Crippen LogP contribution in [0.15, 0.2) is 94.9 Å². The molecule has 1 N–H and O–H groups in total. The van der Waals surface area contributed by atoms with Gasteiger partial charge in [0, 0.05) is 11.3 Å². The molecule has 136 valence electrons. The Morgan fingerprint density at radius 1 is 0.857 bits per heavy atom. The van der Waals surface area contributed by atoms with Gasteiger partial charge in [0.05, 0.1) is 11.0 Å². The number of para-hydroxylation sites is 2. The molecular weight excluding hydrogens is 366 g/mol. The molecule has 0 fully saturated rings. The molecule has 5 rings (SSSR count).